The van der Waals surface area contributed by atoms with E-state index >= 15 is 0 Å². The Kier molecular flexibility index (Phi) is 3.99. The number of rotatable bonds is 5. The van der Waals surface area contributed by atoms with Gasteiger partial charge in [0.25, 0.3) is 0 Å². The number of hydrogen-bond acceptors (Lipinski definition) is 2. The lowest BCUT2D eigenvalue weighted by atomic mass is 10.2. The lowest BCUT2D eigenvalue weighted by molar-refractivity contribution is -0.121. The molecule has 0 unspecified atom stereocenters. The molecule has 0 aliphatic rings. The van der Waals surface area contributed by atoms with Crippen LogP contribution in [-0.4, -0.2) is 30.7 Å². The lowest BCUT2D eigenvalue weighted by Gasteiger charge is -2.07. The minimum Gasteiger partial charge on any atom is -0.383 e. The van der Waals surface area contributed by atoms with Crippen LogP contribution in [0.1, 0.15) is 5.56 Å². The van der Waals surface area contributed by atoms with E-state index in [0.29, 0.717) is 19.7 Å². The van der Waals surface area contributed by atoms with E-state index in [-0.39, 0.29) is 5.91 Å². The summed E-state index contributed by atoms with van der Waals surface area (Å²) in [5, 5.41) is 3.97. The number of carbonyl (C=O) groups excluding carboxylic acids is 1. The van der Waals surface area contributed by atoms with Gasteiger partial charge in [0.15, 0.2) is 0 Å². The summed E-state index contributed by atoms with van der Waals surface area (Å²) < 4.78 is 6.85. The normalized spacial score (nSPS) is 10.8. The van der Waals surface area contributed by atoms with Gasteiger partial charge < -0.3 is 14.6 Å². The van der Waals surface area contributed by atoms with Crippen molar-refractivity contribution < 1.29 is 9.53 Å². The molecule has 0 aliphatic carbocycles. The van der Waals surface area contributed by atoms with Gasteiger partial charge in [0.05, 0.1) is 6.61 Å². The van der Waals surface area contributed by atoms with E-state index in [1.54, 1.807) is 7.11 Å². The molecule has 2 aromatic rings. The molecule has 0 spiro atoms. The van der Waals surface area contributed by atoms with E-state index in [2.05, 4.69) is 30.4 Å². The first-order valence-electron chi connectivity index (χ1n) is 6.02. The third kappa shape index (κ3) is 2.90. The van der Waals surface area contributed by atoms with Gasteiger partial charge in [-0.2, -0.15) is 0 Å². The van der Waals surface area contributed by atoms with Gasteiger partial charge in [-0.25, -0.2) is 0 Å². The fraction of sp³-hybridized carbons (Fsp3) is 0.357. The number of aromatic nitrogens is 1. The Morgan fingerprint density at radius 1 is 1.39 bits per heavy atom. The van der Waals surface area contributed by atoms with Crippen molar-refractivity contribution in [2.75, 3.05) is 20.3 Å². The highest BCUT2D eigenvalue weighted by atomic mass is 16.5. The number of methoxy groups -OCH3 is 1. The molecular formula is C14H18N2O2. The second-order valence-electron chi connectivity index (χ2n) is 4.35. The summed E-state index contributed by atoms with van der Waals surface area (Å²) in [4.78, 5) is 11.7. The third-order valence-electron chi connectivity index (χ3n) is 2.87. The molecule has 0 radical (unpaired) electrons. The van der Waals surface area contributed by atoms with E-state index < -0.39 is 0 Å². The maximum absolute atomic E-state index is 11.7. The standard InChI is InChI=1S/C14H18N2O2/c1-11-3-4-12-5-7-16(13(12)9-11)10-14(17)15-6-8-18-2/h3-5,7,9H,6,8,10H2,1-2H3,(H,15,17). The molecule has 1 N–H and O–H groups in total. The molecule has 4 nitrogen and oxygen atoms in total. The Hall–Kier alpha value is -1.81. The van der Waals surface area contributed by atoms with Crippen LogP contribution in [0, 0.1) is 6.92 Å². The van der Waals surface area contributed by atoms with Crippen LogP contribution in [0.25, 0.3) is 10.9 Å². The van der Waals surface area contributed by atoms with E-state index in [1.165, 1.54) is 5.56 Å². The van der Waals surface area contributed by atoms with Gasteiger partial charge in [-0.05, 0) is 30.0 Å². The number of hydrogen-bond donors (Lipinski definition) is 1. The topological polar surface area (TPSA) is 43.3 Å². The van der Waals surface area contributed by atoms with Gasteiger partial charge in [0, 0.05) is 25.4 Å². The molecule has 0 saturated carbocycles. The zero-order valence-corrected chi connectivity index (χ0v) is 10.8. The molecule has 0 fully saturated rings. The molecule has 4 heteroatoms. The summed E-state index contributed by atoms with van der Waals surface area (Å²) >= 11 is 0. The van der Waals surface area contributed by atoms with Crippen molar-refractivity contribution in [3.63, 3.8) is 0 Å². The second-order valence-corrected chi connectivity index (χ2v) is 4.35. The average molecular weight is 246 g/mol. The van der Waals surface area contributed by atoms with Crippen molar-refractivity contribution in [2.24, 2.45) is 0 Å². The minimum atomic E-state index is 0.00561. The Bertz CT molecular complexity index is 546. The molecule has 1 aromatic carbocycles. The quantitative estimate of drug-likeness (QED) is 0.816. The summed E-state index contributed by atoms with van der Waals surface area (Å²) in [7, 11) is 1.62. The Balaban J connectivity index is 2.07. The van der Waals surface area contributed by atoms with Crippen molar-refractivity contribution in [1.82, 2.24) is 9.88 Å². The molecular weight excluding hydrogens is 228 g/mol. The van der Waals surface area contributed by atoms with Crippen molar-refractivity contribution in [2.45, 2.75) is 13.5 Å². The van der Waals surface area contributed by atoms with Crippen molar-refractivity contribution in [3.8, 4) is 0 Å². The van der Waals surface area contributed by atoms with Crippen LogP contribution in [0.2, 0.25) is 0 Å². The molecule has 1 heterocycles. The molecule has 1 aromatic heterocycles. The second kappa shape index (κ2) is 5.69. The molecule has 18 heavy (non-hydrogen) atoms. The highest BCUT2D eigenvalue weighted by molar-refractivity contribution is 5.83. The Morgan fingerprint density at radius 3 is 3.00 bits per heavy atom. The highest BCUT2D eigenvalue weighted by Crippen LogP contribution is 2.17. The minimum absolute atomic E-state index is 0.00561. The molecule has 0 aliphatic heterocycles. The number of carbonyl (C=O) groups is 1. The fourth-order valence-electron chi connectivity index (χ4n) is 1.93. The van der Waals surface area contributed by atoms with Gasteiger partial charge >= 0.3 is 0 Å². The van der Waals surface area contributed by atoms with Gasteiger partial charge in [-0.15, -0.1) is 0 Å². The first-order chi connectivity index (χ1) is 8.70. The van der Waals surface area contributed by atoms with Gasteiger partial charge in [-0.1, -0.05) is 12.1 Å². The van der Waals surface area contributed by atoms with E-state index in [4.69, 9.17) is 4.74 Å². The van der Waals surface area contributed by atoms with Crippen LogP contribution in [-0.2, 0) is 16.1 Å². The van der Waals surface area contributed by atoms with Crippen LogP contribution in [0.3, 0.4) is 0 Å². The first-order valence-corrected chi connectivity index (χ1v) is 6.02. The molecule has 96 valence electrons. The number of ether oxygens (including phenoxy) is 1. The van der Waals surface area contributed by atoms with Gasteiger partial charge in [-0.3, -0.25) is 4.79 Å². The van der Waals surface area contributed by atoms with Crippen molar-refractivity contribution >= 4 is 16.8 Å². The number of nitrogens with zero attached hydrogens (tertiary/aromatic N) is 1. The Labute approximate surface area is 107 Å². The van der Waals surface area contributed by atoms with Crippen LogP contribution in [0.15, 0.2) is 30.5 Å². The van der Waals surface area contributed by atoms with Gasteiger partial charge in [0.2, 0.25) is 5.91 Å². The van der Waals surface area contributed by atoms with E-state index in [0.717, 1.165) is 10.9 Å². The molecule has 0 saturated heterocycles. The van der Waals surface area contributed by atoms with E-state index in [1.807, 2.05) is 16.8 Å². The number of amides is 1. The number of benzene rings is 1. The SMILES string of the molecule is COCCNC(=O)Cn1ccc2ccc(C)cc21. The Morgan fingerprint density at radius 2 is 2.22 bits per heavy atom. The van der Waals surface area contributed by atoms with Crippen LogP contribution < -0.4 is 5.32 Å². The van der Waals surface area contributed by atoms with Gasteiger partial charge in [0.1, 0.15) is 6.54 Å². The average Bonchev–Trinajstić information content (AvgIpc) is 2.72. The highest BCUT2D eigenvalue weighted by Gasteiger charge is 2.05. The molecule has 1 amide bonds. The maximum atomic E-state index is 11.7. The summed E-state index contributed by atoms with van der Waals surface area (Å²) in [6.07, 6.45) is 1.94. The van der Waals surface area contributed by atoms with Crippen molar-refractivity contribution in [1.29, 1.82) is 0 Å². The number of fused-ring (bicyclic) bond motifs is 1. The first kappa shape index (κ1) is 12.6. The van der Waals surface area contributed by atoms with E-state index in [9.17, 15) is 4.79 Å². The monoisotopic (exact) mass is 246 g/mol. The fourth-order valence-corrected chi connectivity index (χ4v) is 1.93. The number of nitrogens with one attached hydrogen (secondary N) is 1. The molecule has 0 atom stereocenters. The summed E-state index contributed by atoms with van der Waals surface area (Å²) in [5.41, 5.74) is 2.29. The van der Waals surface area contributed by atoms with Crippen LogP contribution in [0.4, 0.5) is 0 Å². The summed E-state index contributed by atoms with van der Waals surface area (Å²) in [6, 6.07) is 8.27. The number of aryl methyl sites for hydroxylation is 1. The zero-order valence-electron chi connectivity index (χ0n) is 10.8. The smallest absolute Gasteiger partial charge is 0.240 e. The lowest BCUT2D eigenvalue weighted by Crippen LogP contribution is -2.30. The summed E-state index contributed by atoms with van der Waals surface area (Å²) in [5.74, 6) is 0.00561. The van der Waals surface area contributed by atoms with Crippen LogP contribution in [0.5, 0.6) is 0 Å². The summed E-state index contributed by atoms with van der Waals surface area (Å²) in [6.45, 7) is 3.48. The molecule has 2 rings (SSSR count). The zero-order chi connectivity index (χ0) is 13.0. The van der Waals surface area contributed by atoms with Crippen LogP contribution >= 0.6 is 0 Å². The van der Waals surface area contributed by atoms with Crippen molar-refractivity contribution in [3.05, 3.63) is 36.0 Å². The predicted molar refractivity (Wildman–Crippen MR) is 71.6 cm³/mol. The molecule has 0 bridgehead atoms. The maximum Gasteiger partial charge on any atom is 0.240 e. The third-order valence-corrected chi connectivity index (χ3v) is 2.87. The predicted octanol–water partition coefficient (Wildman–Crippen LogP) is 1.71. The largest absolute Gasteiger partial charge is 0.383 e.